The molecule has 168 valence electrons. The SMILES string of the molecule is CCC1(CC)CC(NC(=O)CCC(=O)OC)CC(C)(C)N1OC(C)c1ccccc1. The highest BCUT2D eigenvalue weighted by Gasteiger charge is 2.50. The Morgan fingerprint density at radius 1 is 1.13 bits per heavy atom. The average Bonchev–Trinajstić information content (AvgIpc) is 2.73. The lowest BCUT2D eigenvalue weighted by Gasteiger charge is -2.57. The molecule has 0 bridgehead atoms. The number of esters is 1. The molecule has 0 aliphatic carbocycles. The van der Waals surface area contributed by atoms with E-state index in [0.717, 1.165) is 31.2 Å². The van der Waals surface area contributed by atoms with Gasteiger partial charge in [-0.2, -0.15) is 5.06 Å². The third-order valence-electron chi connectivity index (χ3n) is 6.35. The summed E-state index contributed by atoms with van der Waals surface area (Å²) in [6, 6.07) is 10.3. The van der Waals surface area contributed by atoms with Crippen LogP contribution >= 0.6 is 0 Å². The Morgan fingerprint density at radius 2 is 1.77 bits per heavy atom. The van der Waals surface area contributed by atoms with Gasteiger partial charge in [-0.1, -0.05) is 44.2 Å². The minimum atomic E-state index is -0.361. The van der Waals surface area contributed by atoms with Gasteiger partial charge in [0, 0.05) is 23.5 Å². The standard InChI is InChI=1S/C24H38N2O4/c1-7-24(8-2)17-20(25-21(27)14-15-22(28)29-6)16-23(4,5)26(24)30-18(3)19-12-10-9-11-13-19/h9-13,18,20H,7-8,14-17H2,1-6H3,(H,25,27). The smallest absolute Gasteiger partial charge is 0.306 e. The van der Waals surface area contributed by atoms with Crippen molar-refractivity contribution in [1.82, 2.24) is 10.4 Å². The van der Waals surface area contributed by atoms with Crippen LogP contribution in [0.15, 0.2) is 30.3 Å². The minimum absolute atomic E-state index is 0.0388. The van der Waals surface area contributed by atoms with E-state index in [1.807, 2.05) is 18.2 Å². The molecule has 1 aliphatic heterocycles. The number of nitrogens with zero attached hydrogens (tertiary/aromatic N) is 1. The molecule has 30 heavy (non-hydrogen) atoms. The van der Waals surface area contributed by atoms with Crippen molar-refractivity contribution in [2.24, 2.45) is 0 Å². The monoisotopic (exact) mass is 418 g/mol. The number of hydroxylamine groups is 2. The van der Waals surface area contributed by atoms with Crippen LogP contribution in [0.5, 0.6) is 0 Å². The molecule has 1 N–H and O–H groups in total. The molecule has 1 saturated heterocycles. The number of carbonyl (C=O) groups excluding carboxylic acids is 2. The van der Waals surface area contributed by atoms with Crippen LogP contribution in [-0.4, -0.2) is 41.2 Å². The third kappa shape index (κ3) is 5.82. The van der Waals surface area contributed by atoms with E-state index in [-0.39, 0.29) is 47.9 Å². The largest absolute Gasteiger partial charge is 0.469 e. The molecular formula is C24H38N2O4. The normalized spacial score (nSPS) is 21.6. The summed E-state index contributed by atoms with van der Waals surface area (Å²) in [5.74, 6) is -0.464. The molecule has 0 aromatic heterocycles. The van der Waals surface area contributed by atoms with Crippen molar-refractivity contribution in [3.8, 4) is 0 Å². The van der Waals surface area contributed by atoms with E-state index in [2.05, 4.69) is 61.9 Å². The molecule has 0 saturated carbocycles. The Labute approximate surface area is 181 Å². The van der Waals surface area contributed by atoms with Crippen LogP contribution in [-0.2, 0) is 19.2 Å². The molecular weight excluding hydrogens is 380 g/mol. The van der Waals surface area contributed by atoms with Crippen LogP contribution in [0.1, 0.15) is 84.8 Å². The first-order chi connectivity index (χ1) is 14.2. The van der Waals surface area contributed by atoms with E-state index < -0.39 is 0 Å². The van der Waals surface area contributed by atoms with Crippen molar-refractivity contribution in [3.05, 3.63) is 35.9 Å². The van der Waals surface area contributed by atoms with Crippen molar-refractivity contribution in [2.75, 3.05) is 7.11 Å². The van der Waals surface area contributed by atoms with E-state index in [9.17, 15) is 9.59 Å². The van der Waals surface area contributed by atoms with Crippen molar-refractivity contribution in [2.45, 2.75) is 96.4 Å². The highest BCUT2D eigenvalue weighted by atomic mass is 16.7. The quantitative estimate of drug-likeness (QED) is 0.596. The number of benzene rings is 1. The first-order valence-electron chi connectivity index (χ1n) is 11.1. The number of hydrogen-bond donors (Lipinski definition) is 1. The van der Waals surface area contributed by atoms with Gasteiger partial charge < -0.3 is 10.1 Å². The van der Waals surface area contributed by atoms with Crippen molar-refractivity contribution in [1.29, 1.82) is 0 Å². The maximum atomic E-state index is 12.4. The zero-order chi connectivity index (χ0) is 22.4. The Morgan fingerprint density at radius 3 is 2.33 bits per heavy atom. The van der Waals surface area contributed by atoms with Gasteiger partial charge in [0.2, 0.25) is 5.91 Å². The van der Waals surface area contributed by atoms with Gasteiger partial charge >= 0.3 is 5.97 Å². The summed E-state index contributed by atoms with van der Waals surface area (Å²) in [6.45, 7) is 10.8. The fraction of sp³-hybridized carbons (Fsp3) is 0.667. The maximum absolute atomic E-state index is 12.4. The molecule has 2 atom stereocenters. The molecule has 2 unspecified atom stereocenters. The summed E-state index contributed by atoms with van der Waals surface area (Å²) in [4.78, 5) is 30.4. The van der Waals surface area contributed by atoms with Gasteiger partial charge in [0.25, 0.3) is 0 Å². The number of hydrogen-bond acceptors (Lipinski definition) is 5. The number of ether oxygens (including phenoxy) is 1. The molecule has 1 amide bonds. The summed E-state index contributed by atoms with van der Waals surface area (Å²) >= 11 is 0. The van der Waals surface area contributed by atoms with Gasteiger partial charge in [0.15, 0.2) is 0 Å². The highest BCUT2D eigenvalue weighted by Crippen LogP contribution is 2.44. The summed E-state index contributed by atoms with van der Waals surface area (Å²) < 4.78 is 4.64. The summed E-state index contributed by atoms with van der Waals surface area (Å²) in [7, 11) is 1.34. The Kier molecular flexibility index (Phi) is 8.44. The maximum Gasteiger partial charge on any atom is 0.306 e. The molecule has 6 heteroatoms. The third-order valence-corrected chi connectivity index (χ3v) is 6.35. The van der Waals surface area contributed by atoms with Gasteiger partial charge in [0.1, 0.15) is 6.10 Å². The summed E-state index contributed by atoms with van der Waals surface area (Å²) in [5, 5.41) is 5.36. The lowest BCUT2D eigenvalue weighted by atomic mass is 9.74. The number of carbonyl (C=O) groups is 2. The van der Waals surface area contributed by atoms with Crippen LogP contribution in [0.2, 0.25) is 0 Å². The van der Waals surface area contributed by atoms with Crippen LogP contribution in [0, 0.1) is 0 Å². The minimum Gasteiger partial charge on any atom is -0.469 e. The number of piperidine rings is 1. The molecule has 0 spiro atoms. The fourth-order valence-electron chi connectivity index (χ4n) is 4.68. The van der Waals surface area contributed by atoms with Crippen LogP contribution in [0.25, 0.3) is 0 Å². The van der Waals surface area contributed by atoms with Crippen LogP contribution < -0.4 is 5.32 Å². The van der Waals surface area contributed by atoms with Gasteiger partial charge in [0.05, 0.1) is 13.5 Å². The number of amides is 1. The number of methoxy groups -OCH3 is 1. The second-order valence-corrected chi connectivity index (χ2v) is 8.95. The van der Waals surface area contributed by atoms with Gasteiger partial charge in [-0.15, -0.1) is 0 Å². The molecule has 1 aliphatic rings. The predicted octanol–water partition coefficient (Wildman–Crippen LogP) is 4.55. The molecule has 1 fully saturated rings. The molecule has 1 aromatic rings. The topological polar surface area (TPSA) is 67.9 Å². The second kappa shape index (κ2) is 10.4. The van der Waals surface area contributed by atoms with Crippen molar-refractivity contribution < 1.29 is 19.2 Å². The molecule has 1 heterocycles. The van der Waals surface area contributed by atoms with E-state index in [4.69, 9.17) is 4.84 Å². The summed E-state index contributed by atoms with van der Waals surface area (Å²) in [6.07, 6.45) is 3.63. The molecule has 0 radical (unpaired) electrons. The van der Waals surface area contributed by atoms with Gasteiger partial charge in [-0.05, 0) is 52.0 Å². The Bertz CT molecular complexity index is 700. The van der Waals surface area contributed by atoms with E-state index >= 15 is 0 Å². The Balaban J connectivity index is 2.15. The zero-order valence-corrected chi connectivity index (χ0v) is 19.4. The Hall–Kier alpha value is -1.92. The number of rotatable bonds is 9. The average molecular weight is 419 g/mol. The first-order valence-corrected chi connectivity index (χ1v) is 11.1. The molecule has 1 aromatic carbocycles. The lowest BCUT2D eigenvalue weighted by molar-refractivity contribution is -0.316. The van der Waals surface area contributed by atoms with E-state index in [0.29, 0.717) is 0 Å². The van der Waals surface area contributed by atoms with Gasteiger partial charge in [-0.25, -0.2) is 0 Å². The van der Waals surface area contributed by atoms with E-state index in [1.54, 1.807) is 0 Å². The second-order valence-electron chi connectivity index (χ2n) is 8.95. The first kappa shape index (κ1) is 24.4. The molecule has 6 nitrogen and oxygen atoms in total. The van der Waals surface area contributed by atoms with Gasteiger partial charge in [-0.3, -0.25) is 14.4 Å². The lowest BCUT2D eigenvalue weighted by Crippen LogP contribution is -2.66. The highest BCUT2D eigenvalue weighted by molar-refractivity contribution is 5.81. The van der Waals surface area contributed by atoms with Crippen molar-refractivity contribution >= 4 is 11.9 Å². The molecule has 2 rings (SSSR count). The van der Waals surface area contributed by atoms with Crippen molar-refractivity contribution in [3.63, 3.8) is 0 Å². The summed E-state index contributed by atoms with van der Waals surface area (Å²) in [5.41, 5.74) is 0.714. The van der Waals surface area contributed by atoms with E-state index in [1.165, 1.54) is 7.11 Å². The number of nitrogens with one attached hydrogen (secondary N) is 1. The fourth-order valence-corrected chi connectivity index (χ4v) is 4.68. The predicted molar refractivity (Wildman–Crippen MR) is 118 cm³/mol. The zero-order valence-electron chi connectivity index (χ0n) is 19.4. The van der Waals surface area contributed by atoms with Crippen LogP contribution in [0.3, 0.4) is 0 Å². The van der Waals surface area contributed by atoms with Crippen LogP contribution in [0.4, 0.5) is 0 Å².